The first-order valence-electron chi connectivity index (χ1n) is 9.54. The van der Waals surface area contributed by atoms with Gasteiger partial charge < -0.3 is 20.0 Å². The fourth-order valence-corrected chi connectivity index (χ4v) is 3.09. The van der Waals surface area contributed by atoms with Gasteiger partial charge in [0.05, 0.1) is 0 Å². The van der Waals surface area contributed by atoms with E-state index in [1.165, 1.54) is 31.7 Å². The van der Waals surface area contributed by atoms with Crippen molar-refractivity contribution in [1.29, 1.82) is 0 Å². The minimum atomic E-state index is -0.178. The van der Waals surface area contributed by atoms with E-state index < -0.39 is 0 Å². The van der Waals surface area contributed by atoms with Crippen molar-refractivity contribution in [1.82, 2.24) is 9.80 Å². The van der Waals surface area contributed by atoms with Crippen molar-refractivity contribution in [3.05, 3.63) is 24.3 Å². The number of hydrogen-bond acceptors (Lipinski definition) is 4. The number of rotatable bonds is 7. The van der Waals surface area contributed by atoms with Crippen LogP contribution >= 0.6 is 11.6 Å². The van der Waals surface area contributed by atoms with Gasteiger partial charge in [0, 0.05) is 30.5 Å². The quantitative estimate of drug-likeness (QED) is 0.734. The molecule has 6 heteroatoms. The number of nitrogens with one attached hydrogen (secondary N) is 1. The molecule has 0 aliphatic carbocycles. The van der Waals surface area contributed by atoms with Gasteiger partial charge in [0.2, 0.25) is 5.91 Å². The highest BCUT2D eigenvalue weighted by Crippen LogP contribution is 2.23. The van der Waals surface area contributed by atoms with E-state index in [2.05, 4.69) is 54.9 Å². The molecule has 1 fully saturated rings. The molecule has 1 aliphatic heterocycles. The first-order valence-corrected chi connectivity index (χ1v) is 10.1. The number of likely N-dealkylation sites (N-methyl/N-ethyl adjacent to an activating group) is 1. The highest BCUT2D eigenvalue weighted by atomic mass is 35.5. The summed E-state index contributed by atoms with van der Waals surface area (Å²) in [6, 6.07) is 8.55. The molecule has 0 unspecified atom stereocenters. The number of alkyl halides is 1. The Bertz CT molecular complexity index is 512. The lowest BCUT2D eigenvalue weighted by Crippen LogP contribution is -2.31. The van der Waals surface area contributed by atoms with Crippen molar-refractivity contribution in [2.75, 3.05) is 62.9 Å². The second-order valence-electron chi connectivity index (χ2n) is 6.70. The Labute approximate surface area is 164 Å². The summed E-state index contributed by atoms with van der Waals surface area (Å²) in [5.41, 5.74) is 1.99. The van der Waals surface area contributed by atoms with Crippen LogP contribution in [0.15, 0.2) is 24.3 Å². The van der Waals surface area contributed by atoms with Crippen molar-refractivity contribution in [2.45, 2.75) is 33.2 Å². The standard InChI is InChI=1S/C14H20ClN3O.C6H15N/c1-17(2)13-7-8-18(10-13)12-5-3-11(4-6-12)16-14(19)9-15;1-4-7(5-2)6-3/h3-6,13H,7-10H2,1-2H3,(H,16,19);4-6H2,1-3H3/t13-;/m1./s1. The van der Waals surface area contributed by atoms with Gasteiger partial charge in [-0.15, -0.1) is 11.6 Å². The molecular formula is C20H35ClN4O. The summed E-state index contributed by atoms with van der Waals surface area (Å²) in [7, 11) is 4.25. The molecule has 1 heterocycles. The van der Waals surface area contributed by atoms with Crippen LogP contribution in [0.5, 0.6) is 0 Å². The predicted molar refractivity (Wildman–Crippen MR) is 114 cm³/mol. The molecule has 1 N–H and O–H groups in total. The number of carbonyl (C=O) groups is 1. The maximum absolute atomic E-state index is 11.2. The number of carbonyl (C=O) groups excluding carboxylic acids is 1. The largest absolute Gasteiger partial charge is 0.370 e. The molecule has 0 radical (unpaired) electrons. The Morgan fingerprint density at radius 1 is 1.15 bits per heavy atom. The van der Waals surface area contributed by atoms with Crippen LogP contribution in [0, 0.1) is 0 Å². The molecule has 1 aromatic carbocycles. The number of nitrogens with zero attached hydrogens (tertiary/aromatic N) is 3. The normalized spacial score (nSPS) is 16.6. The summed E-state index contributed by atoms with van der Waals surface area (Å²) < 4.78 is 0. The summed E-state index contributed by atoms with van der Waals surface area (Å²) in [6.07, 6.45) is 1.19. The Balaban J connectivity index is 0.000000412. The van der Waals surface area contributed by atoms with Crippen molar-refractivity contribution in [3.63, 3.8) is 0 Å². The molecule has 1 atom stereocenters. The van der Waals surface area contributed by atoms with Crippen LogP contribution in [0.25, 0.3) is 0 Å². The van der Waals surface area contributed by atoms with Gasteiger partial charge in [-0.25, -0.2) is 0 Å². The van der Waals surface area contributed by atoms with Crippen molar-refractivity contribution < 1.29 is 4.79 Å². The molecule has 1 saturated heterocycles. The Hall–Kier alpha value is -1.30. The average Bonchev–Trinajstić information content (AvgIpc) is 3.15. The Morgan fingerprint density at radius 3 is 2.12 bits per heavy atom. The third-order valence-corrected chi connectivity index (χ3v) is 5.12. The van der Waals surface area contributed by atoms with Crippen LogP contribution in [0.2, 0.25) is 0 Å². The first-order chi connectivity index (χ1) is 12.4. The molecule has 1 aliphatic rings. The van der Waals surface area contributed by atoms with Gasteiger partial charge in [-0.2, -0.15) is 0 Å². The monoisotopic (exact) mass is 382 g/mol. The summed E-state index contributed by atoms with van der Waals surface area (Å²) in [5.74, 6) is -0.193. The van der Waals surface area contributed by atoms with Crippen LogP contribution in [-0.2, 0) is 4.79 Å². The van der Waals surface area contributed by atoms with E-state index in [1.54, 1.807) is 0 Å². The van der Waals surface area contributed by atoms with Crippen LogP contribution in [-0.4, -0.2) is 74.4 Å². The fourth-order valence-electron chi connectivity index (χ4n) is 3.02. The van der Waals surface area contributed by atoms with E-state index in [4.69, 9.17) is 11.6 Å². The number of hydrogen-bond donors (Lipinski definition) is 1. The molecule has 148 valence electrons. The first kappa shape index (κ1) is 22.7. The highest BCUT2D eigenvalue weighted by Gasteiger charge is 2.23. The molecule has 1 aromatic rings. The SMILES string of the molecule is CCN(CC)CC.CN(C)[C@@H]1CCN(c2ccc(NC(=O)CCl)cc2)C1. The van der Waals surface area contributed by atoms with Gasteiger partial charge >= 0.3 is 0 Å². The molecule has 0 saturated carbocycles. The molecule has 0 aromatic heterocycles. The molecular weight excluding hydrogens is 348 g/mol. The molecule has 0 spiro atoms. The number of benzene rings is 1. The zero-order valence-electron chi connectivity index (χ0n) is 17.0. The fraction of sp³-hybridized carbons (Fsp3) is 0.650. The lowest BCUT2D eigenvalue weighted by Gasteiger charge is -2.22. The highest BCUT2D eigenvalue weighted by molar-refractivity contribution is 6.29. The van der Waals surface area contributed by atoms with Gasteiger partial charge in [-0.3, -0.25) is 4.79 Å². The van der Waals surface area contributed by atoms with E-state index in [9.17, 15) is 4.79 Å². The third-order valence-electron chi connectivity index (χ3n) is 4.87. The zero-order chi connectivity index (χ0) is 19.5. The second-order valence-corrected chi connectivity index (χ2v) is 6.97. The smallest absolute Gasteiger partial charge is 0.239 e. The van der Waals surface area contributed by atoms with E-state index in [-0.39, 0.29) is 11.8 Å². The molecule has 5 nitrogen and oxygen atoms in total. The number of halogens is 1. The van der Waals surface area contributed by atoms with E-state index >= 15 is 0 Å². The van der Waals surface area contributed by atoms with E-state index in [0.29, 0.717) is 6.04 Å². The predicted octanol–water partition coefficient (Wildman–Crippen LogP) is 3.35. The van der Waals surface area contributed by atoms with E-state index in [0.717, 1.165) is 18.8 Å². The van der Waals surface area contributed by atoms with Crippen molar-refractivity contribution in [3.8, 4) is 0 Å². The second kappa shape index (κ2) is 12.2. The van der Waals surface area contributed by atoms with Gasteiger partial charge in [0.25, 0.3) is 0 Å². The topological polar surface area (TPSA) is 38.8 Å². The number of anilines is 2. The average molecular weight is 383 g/mol. The van der Waals surface area contributed by atoms with Crippen molar-refractivity contribution in [2.24, 2.45) is 0 Å². The van der Waals surface area contributed by atoms with Gasteiger partial charge in [-0.05, 0) is 64.4 Å². The summed E-state index contributed by atoms with van der Waals surface area (Å²) in [5, 5.41) is 2.74. The maximum Gasteiger partial charge on any atom is 0.239 e. The Morgan fingerprint density at radius 2 is 1.73 bits per heavy atom. The summed E-state index contributed by atoms with van der Waals surface area (Å²) >= 11 is 5.46. The van der Waals surface area contributed by atoms with Crippen LogP contribution in [0.4, 0.5) is 11.4 Å². The molecule has 0 bridgehead atoms. The lowest BCUT2D eigenvalue weighted by atomic mass is 10.2. The van der Waals surface area contributed by atoms with E-state index in [1.807, 2.05) is 24.3 Å². The van der Waals surface area contributed by atoms with Gasteiger partial charge in [0.15, 0.2) is 0 Å². The van der Waals surface area contributed by atoms with Crippen LogP contribution in [0.1, 0.15) is 27.2 Å². The summed E-state index contributed by atoms with van der Waals surface area (Å²) in [4.78, 5) is 18.2. The Kier molecular flexibility index (Phi) is 10.6. The lowest BCUT2D eigenvalue weighted by molar-refractivity contribution is -0.113. The zero-order valence-corrected chi connectivity index (χ0v) is 17.7. The van der Waals surface area contributed by atoms with Gasteiger partial charge in [0.1, 0.15) is 5.88 Å². The molecule has 1 amide bonds. The van der Waals surface area contributed by atoms with Crippen LogP contribution < -0.4 is 10.2 Å². The molecule has 2 rings (SSSR count). The third kappa shape index (κ3) is 7.52. The van der Waals surface area contributed by atoms with Crippen LogP contribution in [0.3, 0.4) is 0 Å². The summed E-state index contributed by atoms with van der Waals surface area (Å²) in [6.45, 7) is 12.3. The maximum atomic E-state index is 11.2. The van der Waals surface area contributed by atoms with Gasteiger partial charge in [-0.1, -0.05) is 20.8 Å². The van der Waals surface area contributed by atoms with Crippen molar-refractivity contribution >= 4 is 28.9 Å². The number of amides is 1. The molecule has 26 heavy (non-hydrogen) atoms. The minimum Gasteiger partial charge on any atom is -0.370 e. The minimum absolute atomic E-state index is 0.0155.